The summed E-state index contributed by atoms with van der Waals surface area (Å²) in [6.07, 6.45) is 0.603. The quantitative estimate of drug-likeness (QED) is 0.809. The van der Waals surface area contributed by atoms with Gasteiger partial charge in [0.1, 0.15) is 11.4 Å². The van der Waals surface area contributed by atoms with Gasteiger partial charge in [-0.2, -0.15) is 0 Å². The van der Waals surface area contributed by atoms with E-state index in [0.717, 1.165) is 6.42 Å². The summed E-state index contributed by atoms with van der Waals surface area (Å²) < 4.78 is 5.39. The van der Waals surface area contributed by atoms with Crippen molar-refractivity contribution >= 4 is 6.09 Å². The highest BCUT2D eigenvalue weighted by atomic mass is 16.6. The second-order valence-electron chi connectivity index (χ2n) is 6.79. The van der Waals surface area contributed by atoms with E-state index in [-0.39, 0.29) is 17.9 Å². The minimum atomic E-state index is -0.468. The molecule has 1 rings (SSSR count). The van der Waals surface area contributed by atoms with Crippen LogP contribution in [0.5, 0.6) is 5.75 Å². The maximum Gasteiger partial charge on any atom is 0.410 e. The molecule has 0 spiro atoms. The van der Waals surface area contributed by atoms with Crippen molar-refractivity contribution in [1.82, 2.24) is 10.2 Å². The number of amides is 1. The molecule has 1 aromatic carbocycles. The molecule has 0 heterocycles. The van der Waals surface area contributed by atoms with Crippen LogP contribution in [0.4, 0.5) is 4.79 Å². The first-order valence-electron chi connectivity index (χ1n) is 8.20. The van der Waals surface area contributed by atoms with Crippen LogP contribution in [0.15, 0.2) is 24.3 Å². The average molecular weight is 322 g/mol. The third-order valence-corrected chi connectivity index (χ3v) is 3.39. The van der Waals surface area contributed by atoms with Gasteiger partial charge in [0.15, 0.2) is 0 Å². The fraction of sp³-hybridized carbons (Fsp3) is 0.611. The zero-order valence-corrected chi connectivity index (χ0v) is 14.9. The van der Waals surface area contributed by atoms with Crippen molar-refractivity contribution in [2.24, 2.45) is 0 Å². The first-order valence-corrected chi connectivity index (χ1v) is 8.20. The highest BCUT2D eigenvalue weighted by Crippen LogP contribution is 2.11. The van der Waals surface area contributed by atoms with Crippen molar-refractivity contribution in [2.45, 2.75) is 52.7 Å². The number of aromatic hydroxyl groups is 1. The first-order chi connectivity index (χ1) is 10.7. The van der Waals surface area contributed by atoms with E-state index < -0.39 is 5.60 Å². The Labute approximate surface area is 139 Å². The fourth-order valence-corrected chi connectivity index (χ4v) is 2.21. The van der Waals surface area contributed by atoms with Gasteiger partial charge in [0.2, 0.25) is 0 Å². The molecule has 0 aliphatic heterocycles. The summed E-state index contributed by atoms with van der Waals surface area (Å²) in [4.78, 5) is 13.7. The summed E-state index contributed by atoms with van der Waals surface area (Å²) in [6, 6.07) is 7.53. The number of benzene rings is 1. The SMILES string of the molecule is CCN(CCNC(C)Cc1ccc(O)cc1)C(=O)OC(C)(C)C. The predicted octanol–water partition coefficient (Wildman–Crippen LogP) is 3.17. The van der Waals surface area contributed by atoms with Gasteiger partial charge in [-0.1, -0.05) is 12.1 Å². The second kappa shape index (κ2) is 8.77. The minimum Gasteiger partial charge on any atom is -0.508 e. The smallest absolute Gasteiger partial charge is 0.410 e. The van der Waals surface area contributed by atoms with Crippen molar-refractivity contribution < 1.29 is 14.6 Å². The van der Waals surface area contributed by atoms with Gasteiger partial charge in [-0.15, -0.1) is 0 Å². The number of nitrogens with one attached hydrogen (secondary N) is 1. The number of likely N-dealkylation sites (N-methyl/N-ethyl adjacent to an activating group) is 1. The van der Waals surface area contributed by atoms with Gasteiger partial charge in [-0.3, -0.25) is 0 Å². The molecule has 1 amide bonds. The Morgan fingerprint density at radius 2 is 1.91 bits per heavy atom. The maximum atomic E-state index is 12.0. The Morgan fingerprint density at radius 3 is 2.43 bits per heavy atom. The Hall–Kier alpha value is -1.75. The molecule has 0 saturated heterocycles. The maximum absolute atomic E-state index is 12.0. The van der Waals surface area contributed by atoms with Gasteiger partial charge < -0.3 is 20.1 Å². The molecular formula is C18H30N2O3. The third-order valence-electron chi connectivity index (χ3n) is 3.39. The molecule has 0 aliphatic rings. The molecule has 130 valence electrons. The highest BCUT2D eigenvalue weighted by Gasteiger charge is 2.20. The van der Waals surface area contributed by atoms with Crippen LogP contribution in [0.1, 0.15) is 40.2 Å². The Bertz CT molecular complexity index is 480. The van der Waals surface area contributed by atoms with Crippen molar-refractivity contribution in [1.29, 1.82) is 0 Å². The monoisotopic (exact) mass is 322 g/mol. The van der Waals surface area contributed by atoms with Crippen LogP contribution in [0.25, 0.3) is 0 Å². The molecule has 5 nitrogen and oxygen atoms in total. The van der Waals surface area contributed by atoms with Crippen LogP contribution in [-0.2, 0) is 11.2 Å². The lowest BCUT2D eigenvalue weighted by Gasteiger charge is -2.27. The average Bonchev–Trinajstić information content (AvgIpc) is 2.44. The lowest BCUT2D eigenvalue weighted by Crippen LogP contribution is -2.42. The van der Waals surface area contributed by atoms with Gasteiger partial charge in [0.25, 0.3) is 0 Å². The summed E-state index contributed by atoms with van der Waals surface area (Å²) in [5, 5.41) is 12.7. The molecule has 0 saturated carbocycles. The topological polar surface area (TPSA) is 61.8 Å². The number of carbonyl (C=O) groups excluding carboxylic acids is 1. The van der Waals surface area contributed by atoms with Crippen LogP contribution in [0.2, 0.25) is 0 Å². The van der Waals surface area contributed by atoms with Gasteiger partial charge in [-0.05, 0) is 58.7 Å². The lowest BCUT2D eigenvalue weighted by atomic mass is 10.1. The molecule has 1 aromatic rings. The molecule has 1 unspecified atom stereocenters. The van der Waals surface area contributed by atoms with E-state index in [1.165, 1.54) is 5.56 Å². The normalized spacial score (nSPS) is 12.7. The first kappa shape index (κ1) is 19.3. The molecule has 2 N–H and O–H groups in total. The highest BCUT2D eigenvalue weighted by molar-refractivity contribution is 5.68. The summed E-state index contributed by atoms with van der Waals surface area (Å²) in [5.74, 6) is 0.283. The van der Waals surface area contributed by atoms with E-state index in [4.69, 9.17) is 4.74 Å². The Morgan fingerprint density at radius 1 is 1.30 bits per heavy atom. The second-order valence-corrected chi connectivity index (χ2v) is 6.79. The summed E-state index contributed by atoms with van der Waals surface area (Å²) >= 11 is 0. The van der Waals surface area contributed by atoms with E-state index in [9.17, 15) is 9.90 Å². The van der Waals surface area contributed by atoms with Crippen LogP contribution < -0.4 is 5.32 Å². The third kappa shape index (κ3) is 7.88. The molecule has 0 radical (unpaired) electrons. The molecule has 0 aliphatic carbocycles. The van der Waals surface area contributed by atoms with Crippen LogP contribution in [0.3, 0.4) is 0 Å². The van der Waals surface area contributed by atoms with Gasteiger partial charge in [0.05, 0.1) is 0 Å². The van der Waals surface area contributed by atoms with Crippen molar-refractivity contribution in [3.63, 3.8) is 0 Å². The summed E-state index contributed by atoms with van der Waals surface area (Å²) in [7, 11) is 0. The lowest BCUT2D eigenvalue weighted by molar-refractivity contribution is 0.0261. The molecule has 0 fully saturated rings. The van der Waals surface area contributed by atoms with E-state index in [0.29, 0.717) is 19.6 Å². The fourth-order valence-electron chi connectivity index (χ4n) is 2.21. The van der Waals surface area contributed by atoms with Gasteiger partial charge in [-0.25, -0.2) is 4.79 Å². The number of ether oxygens (including phenoxy) is 1. The molecule has 1 atom stereocenters. The zero-order chi connectivity index (χ0) is 17.5. The summed E-state index contributed by atoms with van der Waals surface area (Å²) in [6.45, 7) is 11.6. The predicted molar refractivity (Wildman–Crippen MR) is 92.8 cm³/mol. The van der Waals surface area contributed by atoms with Crippen LogP contribution >= 0.6 is 0 Å². The minimum absolute atomic E-state index is 0.270. The van der Waals surface area contributed by atoms with Gasteiger partial charge in [0, 0.05) is 25.7 Å². The van der Waals surface area contributed by atoms with E-state index >= 15 is 0 Å². The van der Waals surface area contributed by atoms with Crippen LogP contribution in [0, 0.1) is 0 Å². The van der Waals surface area contributed by atoms with Crippen LogP contribution in [-0.4, -0.2) is 47.4 Å². The molecule has 0 bridgehead atoms. The molecular weight excluding hydrogens is 292 g/mol. The number of phenols is 1. The van der Waals surface area contributed by atoms with E-state index in [1.807, 2.05) is 39.8 Å². The van der Waals surface area contributed by atoms with E-state index in [1.54, 1.807) is 17.0 Å². The van der Waals surface area contributed by atoms with Crippen molar-refractivity contribution in [3.05, 3.63) is 29.8 Å². The number of nitrogens with zero attached hydrogens (tertiary/aromatic N) is 1. The molecule has 0 aromatic heterocycles. The number of hydrogen-bond acceptors (Lipinski definition) is 4. The van der Waals surface area contributed by atoms with Crippen molar-refractivity contribution in [2.75, 3.05) is 19.6 Å². The summed E-state index contributed by atoms with van der Waals surface area (Å²) in [5.41, 5.74) is 0.701. The van der Waals surface area contributed by atoms with Crippen molar-refractivity contribution in [3.8, 4) is 5.75 Å². The number of phenolic OH excluding ortho intramolecular Hbond substituents is 1. The number of rotatable bonds is 7. The largest absolute Gasteiger partial charge is 0.508 e. The standard InChI is InChI=1S/C18H30N2O3/c1-6-20(17(22)23-18(3,4)5)12-11-19-14(2)13-15-7-9-16(21)10-8-15/h7-10,14,19,21H,6,11-13H2,1-5H3. The number of carbonyl (C=O) groups is 1. The van der Waals surface area contributed by atoms with E-state index in [2.05, 4.69) is 12.2 Å². The number of hydrogen-bond donors (Lipinski definition) is 2. The van der Waals surface area contributed by atoms with Gasteiger partial charge >= 0.3 is 6.09 Å². The Balaban J connectivity index is 2.35. The molecule has 23 heavy (non-hydrogen) atoms. The Kier molecular flexibility index (Phi) is 7.36. The molecule has 5 heteroatoms. The zero-order valence-electron chi connectivity index (χ0n) is 14.9.